The molecule has 0 saturated carbocycles. The van der Waals surface area contributed by atoms with Gasteiger partial charge in [0.15, 0.2) is 0 Å². The molecule has 0 aliphatic carbocycles. The quantitative estimate of drug-likeness (QED) is 0.481. The van der Waals surface area contributed by atoms with Gasteiger partial charge in [-0.25, -0.2) is 0 Å². The van der Waals surface area contributed by atoms with Crippen LogP contribution < -0.4 is 24.8 Å². The van der Waals surface area contributed by atoms with E-state index in [1.165, 1.54) is 4.88 Å². The van der Waals surface area contributed by atoms with Gasteiger partial charge in [0.05, 0.1) is 10.6 Å². The summed E-state index contributed by atoms with van der Waals surface area (Å²) in [5.41, 5.74) is 1.06. The van der Waals surface area contributed by atoms with E-state index in [0.29, 0.717) is 0 Å². The second-order valence-electron chi connectivity index (χ2n) is 2.19. The SMILES string of the molecule is [Cl-].[Cl-].[Mg+2].c1ccc(-c2cccs2)nc1. The Morgan fingerprint density at radius 3 is 2.29 bits per heavy atom. The van der Waals surface area contributed by atoms with E-state index in [9.17, 15) is 0 Å². The van der Waals surface area contributed by atoms with Crippen LogP contribution >= 0.6 is 11.3 Å². The van der Waals surface area contributed by atoms with E-state index in [2.05, 4.69) is 16.4 Å². The van der Waals surface area contributed by atoms with E-state index in [1.807, 2.05) is 30.5 Å². The van der Waals surface area contributed by atoms with Crippen LogP contribution in [0.1, 0.15) is 0 Å². The van der Waals surface area contributed by atoms with Crippen molar-refractivity contribution in [3.05, 3.63) is 41.9 Å². The van der Waals surface area contributed by atoms with Crippen molar-refractivity contribution in [1.82, 2.24) is 4.98 Å². The van der Waals surface area contributed by atoms with Crippen LogP contribution in [0.5, 0.6) is 0 Å². The number of hydrogen-bond donors (Lipinski definition) is 0. The second-order valence-corrected chi connectivity index (χ2v) is 3.14. The Hall–Kier alpha value is 0.196. The van der Waals surface area contributed by atoms with Gasteiger partial charge in [-0.2, -0.15) is 0 Å². The summed E-state index contributed by atoms with van der Waals surface area (Å²) in [7, 11) is 0. The maximum atomic E-state index is 4.23. The van der Waals surface area contributed by atoms with Crippen LogP contribution in [0.25, 0.3) is 10.6 Å². The van der Waals surface area contributed by atoms with Gasteiger partial charge in [-0.05, 0) is 23.6 Å². The Labute approximate surface area is 116 Å². The predicted molar refractivity (Wildman–Crippen MR) is 53.3 cm³/mol. The minimum absolute atomic E-state index is 0. The number of halogens is 2. The molecule has 2 aromatic rings. The third kappa shape index (κ3) is 4.15. The van der Waals surface area contributed by atoms with Crippen molar-refractivity contribution in [2.45, 2.75) is 0 Å². The molecule has 0 bridgehead atoms. The van der Waals surface area contributed by atoms with Crippen LogP contribution in [-0.4, -0.2) is 28.0 Å². The minimum Gasteiger partial charge on any atom is -1.00 e. The van der Waals surface area contributed by atoms with Crippen LogP contribution in [0.15, 0.2) is 41.9 Å². The van der Waals surface area contributed by atoms with Gasteiger partial charge in [0.25, 0.3) is 0 Å². The standard InChI is InChI=1S/C9H7NS.2ClH.Mg/c1-2-6-10-8(4-1)9-5-3-7-11-9;;;/h1-7H;2*1H;/q;;;+2/p-2. The van der Waals surface area contributed by atoms with Crippen molar-refractivity contribution < 1.29 is 24.8 Å². The summed E-state index contributed by atoms with van der Waals surface area (Å²) in [6.45, 7) is 0. The smallest absolute Gasteiger partial charge is 1.00 e. The predicted octanol–water partition coefficient (Wildman–Crippen LogP) is -3.56. The minimum atomic E-state index is 0. The zero-order valence-corrected chi connectivity index (χ0v) is 11.1. The Kier molecular flexibility index (Phi) is 10.1. The Balaban J connectivity index is 0. The zero-order chi connectivity index (χ0) is 7.52. The number of hydrogen-bond acceptors (Lipinski definition) is 2. The fraction of sp³-hybridized carbons (Fsp3) is 0. The first kappa shape index (κ1) is 16.6. The third-order valence-electron chi connectivity index (χ3n) is 1.44. The van der Waals surface area contributed by atoms with Gasteiger partial charge in [0.1, 0.15) is 0 Å². The van der Waals surface area contributed by atoms with Crippen molar-refractivity contribution in [3.63, 3.8) is 0 Å². The molecule has 0 amide bonds. The van der Waals surface area contributed by atoms with Gasteiger partial charge in [0.2, 0.25) is 0 Å². The molecule has 0 fully saturated rings. The van der Waals surface area contributed by atoms with E-state index in [0.717, 1.165) is 5.69 Å². The first-order chi connectivity index (χ1) is 5.47. The summed E-state index contributed by atoms with van der Waals surface area (Å²) in [5.74, 6) is 0. The molecule has 0 saturated heterocycles. The summed E-state index contributed by atoms with van der Waals surface area (Å²) in [6.07, 6.45) is 1.81. The normalized spacial score (nSPS) is 7.71. The van der Waals surface area contributed by atoms with Crippen molar-refractivity contribution >= 4 is 34.4 Å². The number of nitrogens with zero attached hydrogens (tertiary/aromatic N) is 1. The molecule has 14 heavy (non-hydrogen) atoms. The van der Waals surface area contributed by atoms with Gasteiger partial charge in [-0.15, -0.1) is 11.3 Å². The molecule has 0 N–H and O–H groups in total. The summed E-state index contributed by atoms with van der Waals surface area (Å²) in [4.78, 5) is 5.46. The van der Waals surface area contributed by atoms with Gasteiger partial charge < -0.3 is 24.8 Å². The van der Waals surface area contributed by atoms with Crippen molar-refractivity contribution in [2.75, 3.05) is 0 Å². The summed E-state index contributed by atoms with van der Waals surface area (Å²) in [5, 5.41) is 2.06. The molecule has 2 aromatic heterocycles. The molecular formula is C9H7Cl2MgNS. The summed E-state index contributed by atoms with van der Waals surface area (Å²) < 4.78 is 0. The van der Waals surface area contributed by atoms with E-state index in [4.69, 9.17) is 0 Å². The zero-order valence-electron chi connectivity index (χ0n) is 7.36. The van der Waals surface area contributed by atoms with Gasteiger partial charge in [-0.3, -0.25) is 4.98 Å². The van der Waals surface area contributed by atoms with Crippen LogP contribution in [0.3, 0.4) is 0 Å². The van der Waals surface area contributed by atoms with E-state index >= 15 is 0 Å². The number of rotatable bonds is 1. The maximum Gasteiger partial charge on any atom is 2.00 e. The second kappa shape index (κ2) is 8.50. The molecule has 0 unspecified atom stereocenters. The van der Waals surface area contributed by atoms with Crippen molar-refractivity contribution in [3.8, 4) is 10.6 Å². The van der Waals surface area contributed by atoms with Crippen LogP contribution in [0.2, 0.25) is 0 Å². The fourth-order valence-corrected chi connectivity index (χ4v) is 1.64. The average molecular weight is 256 g/mol. The summed E-state index contributed by atoms with van der Waals surface area (Å²) in [6, 6.07) is 10.1. The first-order valence-electron chi connectivity index (χ1n) is 3.42. The molecule has 0 spiro atoms. The average Bonchev–Trinajstić information content (AvgIpc) is 2.58. The Bertz CT molecular complexity index is 326. The largest absolute Gasteiger partial charge is 2.00 e. The maximum absolute atomic E-state index is 4.23. The van der Waals surface area contributed by atoms with Crippen molar-refractivity contribution in [1.29, 1.82) is 0 Å². The van der Waals surface area contributed by atoms with E-state index in [-0.39, 0.29) is 47.9 Å². The molecule has 2 rings (SSSR count). The molecule has 0 radical (unpaired) electrons. The van der Waals surface area contributed by atoms with E-state index in [1.54, 1.807) is 11.3 Å². The fourth-order valence-electron chi connectivity index (χ4n) is 0.933. The van der Waals surface area contributed by atoms with Crippen LogP contribution in [-0.2, 0) is 0 Å². The van der Waals surface area contributed by atoms with Crippen LogP contribution in [0, 0.1) is 0 Å². The summed E-state index contributed by atoms with van der Waals surface area (Å²) >= 11 is 1.71. The van der Waals surface area contributed by atoms with Crippen LogP contribution in [0.4, 0.5) is 0 Å². The first-order valence-corrected chi connectivity index (χ1v) is 4.30. The van der Waals surface area contributed by atoms with Crippen molar-refractivity contribution in [2.24, 2.45) is 0 Å². The number of thiophene rings is 1. The molecular weight excluding hydrogens is 249 g/mol. The molecule has 0 atom stereocenters. The molecule has 5 heteroatoms. The van der Waals surface area contributed by atoms with Gasteiger partial charge in [-0.1, -0.05) is 12.1 Å². The number of pyridine rings is 1. The molecule has 70 valence electrons. The molecule has 0 aromatic carbocycles. The Morgan fingerprint density at radius 1 is 1.00 bits per heavy atom. The number of aromatic nitrogens is 1. The topological polar surface area (TPSA) is 12.9 Å². The third-order valence-corrected chi connectivity index (χ3v) is 2.33. The van der Waals surface area contributed by atoms with Gasteiger partial charge >= 0.3 is 23.1 Å². The molecule has 2 heterocycles. The van der Waals surface area contributed by atoms with E-state index < -0.39 is 0 Å². The molecule has 1 nitrogen and oxygen atoms in total. The monoisotopic (exact) mass is 255 g/mol. The molecule has 0 aliphatic rings. The molecule has 0 aliphatic heterocycles. The Morgan fingerprint density at radius 2 is 1.79 bits per heavy atom. The van der Waals surface area contributed by atoms with Gasteiger partial charge in [0, 0.05) is 6.20 Å².